The number of hydrogen-bond acceptors (Lipinski definition) is 5. The van der Waals surface area contributed by atoms with Crippen molar-refractivity contribution in [3.63, 3.8) is 0 Å². The van der Waals surface area contributed by atoms with Crippen molar-refractivity contribution < 1.29 is 23.5 Å². The smallest absolute Gasteiger partial charge is 0.247 e. The lowest BCUT2D eigenvalue weighted by atomic mass is 10.0. The van der Waals surface area contributed by atoms with Crippen LogP contribution in [0.1, 0.15) is 56.9 Å². The van der Waals surface area contributed by atoms with Gasteiger partial charge in [-0.15, -0.1) is 11.6 Å². The zero-order chi connectivity index (χ0) is 23.1. The Balaban J connectivity index is 2.00. The van der Waals surface area contributed by atoms with Crippen molar-refractivity contribution in [3.8, 4) is 11.5 Å². The Morgan fingerprint density at radius 2 is 1.97 bits per heavy atom. The predicted octanol–water partition coefficient (Wildman–Crippen LogP) is 4.44. The van der Waals surface area contributed by atoms with Crippen LogP contribution in [0.25, 0.3) is 0 Å². The van der Waals surface area contributed by atoms with Crippen LogP contribution in [-0.4, -0.2) is 41.8 Å². The van der Waals surface area contributed by atoms with E-state index in [0.29, 0.717) is 22.8 Å². The molecule has 3 rings (SSSR count). The molecular weight excluding hydrogens is 432 g/mol. The van der Waals surface area contributed by atoms with Gasteiger partial charge in [0.1, 0.15) is 17.7 Å². The third-order valence-corrected chi connectivity index (χ3v) is 5.70. The van der Waals surface area contributed by atoms with E-state index in [-0.39, 0.29) is 36.4 Å². The fourth-order valence-electron chi connectivity index (χ4n) is 4.00. The summed E-state index contributed by atoms with van der Waals surface area (Å²) < 4.78 is 16.8. The molecule has 0 radical (unpaired) electrons. The van der Waals surface area contributed by atoms with E-state index < -0.39 is 6.04 Å². The van der Waals surface area contributed by atoms with Gasteiger partial charge >= 0.3 is 0 Å². The number of nitrogens with zero attached hydrogens (tertiary/aromatic N) is 1. The van der Waals surface area contributed by atoms with E-state index in [1.54, 1.807) is 37.4 Å². The number of nitrogens with one attached hydrogen (secondary N) is 1. The Bertz CT molecular complexity index is 894. The van der Waals surface area contributed by atoms with Gasteiger partial charge in [-0.1, -0.05) is 18.9 Å². The van der Waals surface area contributed by atoms with E-state index >= 15 is 0 Å². The van der Waals surface area contributed by atoms with Crippen LogP contribution in [0, 0.1) is 0 Å². The number of alkyl halides is 1. The maximum absolute atomic E-state index is 13.5. The second kappa shape index (κ2) is 11.3. The molecule has 1 aliphatic rings. The minimum absolute atomic E-state index is 0.0375. The summed E-state index contributed by atoms with van der Waals surface area (Å²) in [6.45, 7) is 3.97. The summed E-state index contributed by atoms with van der Waals surface area (Å²) >= 11 is 5.94. The van der Waals surface area contributed by atoms with Gasteiger partial charge in [0.15, 0.2) is 11.5 Å². The minimum atomic E-state index is -0.894. The number of carbonyl (C=O) groups excluding carboxylic acids is 2. The Hall–Kier alpha value is -2.67. The van der Waals surface area contributed by atoms with Crippen LogP contribution in [0.5, 0.6) is 11.5 Å². The standard InChI is InChI=1S/C24H31ClN2O5/c1-16(2)32-20-11-10-17(13-21(20)30-3)23(24(29)26-18-7-4-5-8-18)27(22(28)14-25)15-19-9-6-12-31-19/h6,9-13,16,18,23H,4-5,7-8,14-15H2,1-3H3,(H,26,29)/t23-/m0/s1. The Morgan fingerprint density at radius 3 is 2.56 bits per heavy atom. The summed E-state index contributed by atoms with van der Waals surface area (Å²) in [7, 11) is 1.55. The van der Waals surface area contributed by atoms with Gasteiger partial charge in [0.25, 0.3) is 0 Å². The molecule has 1 saturated carbocycles. The quantitative estimate of drug-likeness (QED) is 0.528. The zero-order valence-corrected chi connectivity index (χ0v) is 19.6. The van der Waals surface area contributed by atoms with Crippen LogP contribution in [0.2, 0.25) is 0 Å². The maximum Gasteiger partial charge on any atom is 0.247 e. The summed E-state index contributed by atoms with van der Waals surface area (Å²) in [5.74, 6) is 0.764. The van der Waals surface area contributed by atoms with Crippen LogP contribution in [0.15, 0.2) is 41.0 Å². The average Bonchev–Trinajstić information content (AvgIpc) is 3.47. The molecule has 2 amide bonds. The molecule has 1 atom stereocenters. The molecule has 1 aliphatic carbocycles. The zero-order valence-electron chi connectivity index (χ0n) is 18.8. The summed E-state index contributed by atoms with van der Waals surface area (Å²) in [4.78, 5) is 27.8. The number of furan rings is 1. The lowest BCUT2D eigenvalue weighted by Crippen LogP contribution is -2.46. The number of hydrogen-bond donors (Lipinski definition) is 1. The molecule has 8 heteroatoms. The van der Waals surface area contributed by atoms with Crippen LogP contribution in [0.4, 0.5) is 0 Å². The highest BCUT2D eigenvalue weighted by atomic mass is 35.5. The molecule has 0 unspecified atom stereocenters. The molecule has 32 heavy (non-hydrogen) atoms. The molecular formula is C24H31ClN2O5. The van der Waals surface area contributed by atoms with Gasteiger partial charge in [0.2, 0.25) is 11.8 Å². The van der Waals surface area contributed by atoms with Crippen molar-refractivity contribution in [2.75, 3.05) is 13.0 Å². The van der Waals surface area contributed by atoms with Crippen LogP contribution < -0.4 is 14.8 Å². The molecule has 0 bridgehead atoms. The van der Waals surface area contributed by atoms with E-state index in [1.165, 1.54) is 11.2 Å². The van der Waals surface area contributed by atoms with Crippen molar-refractivity contribution in [2.45, 2.75) is 64.3 Å². The molecule has 1 N–H and O–H groups in total. The van der Waals surface area contributed by atoms with Gasteiger partial charge in [-0.05, 0) is 56.5 Å². The fourth-order valence-corrected chi connectivity index (χ4v) is 4.15. The van der Waals surface area contributed by atoms with Crippen LogP contribution in [-0.2, 0) is 16.1 Å². The molecule has 0 saturated heterocycles. The van der Waals surface area contributed by atoms with Crippen molar-refractivity contribution in [2.24, 2.45) is 0 Å². The van der Waals surface area contributed by atoms with Gasteiger partial charge in [-0.3, -0.25) is 9.59 Å². The van der Waals surface area contributed by atoms with E-state index in [4.69, 9.17) is 25.5 Å². The van der Waals surface area contributed by atoms with Gasteiger partial charge in [-0.2, -0.15) is 0 Å². The SMILES string of the molecule is COc1cc([C@@H](C(=O)NC2CCCC2)N(Cc2ccco2)C(=O)CCl)ccc1OC(C)C. The predicted molar refractivity (Wildman–Crippen MR) is 122 cm³/mol. The van der Waals surface area contributed by atoms with Crippen molar-refractivity contribution in [3.05, 3.63) is 47.9 Å². The third-order valence-electron chi connectivity index (χ3n) is 5.47. The van der Waals surface area contributed by atoms with Crippen molar-refractivity contribution in [1.82, 2.24) is 10.2 Å². The van der Waals surface area contributed by atoms with Crippen LogP contribution >= 0.6 is 11.6 Å². The fraction of sp³-hybridized carbons (Fsp3) is 0.500. The number of ether oxygens (including phenoxy) is 2. The molecule has 0 spiro atoms. The largest absolute Gasteiger partial charge is 0.493 e. The molecule has 0 aliphatic heterocycles. The molecule has 2 aromatic rings. The summed E-state index contributed by atoms with van der Waals surface area (Å²) in [5, 5.41) is 3.12. The molecule has 7 nitrogen and oxygen atoms in total. The number of carbonyl (C=O) groups is 2. The van der Waals surface area contributed by atoms with Gasteiger partial charge < -0.3 is 24.1 Å². The number of benzene rings is 1. The Labute approximate surface area is 194 Å². The van der Waals surface area contributed by atoms with Crippen molar-refractivity contribution in [1.29, 1.82) is 0 Å². The summed E-state index contributed by atoms with van der Waals surface area (Å²) in [6.07, 6.45) is 5.54. The lowest BCUT2D eigenvalue weighted by molar-refractivity contribution is -0.140. The molecule has 1 aromatic heterocycles. The highest BCUT2D eigenvalue weighted by Gasteiger charge is 2.34. The molecule has 1 fully saturated rings. The van der Waals surface area contributed by atoms with E-state index in [2.05, 4.69) is 5.32 Å². The van der Waals surface area contributed by atoms with Gasteiger partial charge in [0.05, 0.1) is 26.0 Å². The number of halogens is 1. The average molecular weight is 463 g/mol. The van der Waals surface area contributed by atoms with Crippen LogP contribution in [0.3, 0.4) is 0 Å². The second-order valence-corrected chi connectivity index (χ2v) is 8.47. The number of methoxy groups -OCH3 is 1. The summed E-state index contributed by atoms with van der Waals surface area (Å²) in [5.41, 5.74) is 0.610. The van der Waals surface area contributed by atoms with Crippen molar-refractivity contribution >= 4 is 23.4 Å². The van der Waals surface area contributed by atoms with E-state index in [9.17, 15) is 9.59 Å². The van der Waals surface area contributed by atoms with Gasteiger partial charge in [0, 0.05) is 6.04 Å². The first-order valence-electron chi connectivity index (χ1n) is 11.0. The first-order chi connectivity index (χ1) is 15.4. The third kappa shape index (κ3) is 5.97. The first kappa shape index (κ1) is 24.0. The second-order valence-electron chi connectivity index (χ2n) is 8.20. The topological polar surface area (TPSA) is 81.0 Å². The van der Waals surface area contributed by atoms with Gasteiger partial charge in [-0.25, -0.2) is 0 Å². The lowest BCUT2D eigenvalue weighted by Gasteiger charge is -2.31. The number of rotatable bonds is 10. The normalized spacial score (nSPS) is 14.9. The highest BCUT2D eigenvalue weighted by molar-refractivity contribution is 6.27. The Morgan fingerprint density at radius 1 is 1.22 bits per heavy atom. The molecule has 1 heterocycles. The monoisotopic (exact) mass is 462 g/mol. The molecule has 174 valence electrons. The number of amides is 2. The summed E-state index contributed by atoms with van der Waals surface area (Å²) in [6, 6.07) is 8.01. The maximum atomic E-state index is 13.5. The van der Waals surface area contributed by atoms with E-state index in [0.717, 1.165) is 25.7 Å². The molecule has 1 aromatic carbocycles. The Kier molecular flexibility index (Phi) is 8.45. The van der Waals surface area contributed by atoms with E-state index in [1.807, 2.05) is 13.8 Å². The minimum Gasteiger partial charge on any atom is -0.493 e. The first-order valence-corrected chi connectivity index (χ1v) is 11.5. The highest BCUT2D eigenvalue weighted by Crippen LogP contribution is 2.34.